The molecule has 0 heterocycles. The molecule has 0 aromatic heterocycles. The minimum absolute atomic E-state index is 0.150. The maximum absolute atomic E-state index is 11.7. The van der Waals surface area contributed by atoms with Gasteiger partial charge in [-0.05, 0) is 26.7 Å². The van der Waals surface area contributed by atoms with Crippen LogP contribution in [0.2, 0.25) is 0 Å². The number of carbonyl (C=O) groups excluding carboxylic acids is 1. The van der Waals surface area contributed by atoms with Crippen LogP contribution in [0, 0.1) is 5.41 Å². The molecule has 6 heteroatoms. The lowest BCUT2D eigenvalue weighted by molar-refractivity contribution is -0.153. The Morgan fingerprint density at radius 1 is 1.39 bits per heavy atom. The minimum Gasteiger partial charge on any atom is -0.481 e. The number of rotatable bonds is 5. The summed E-state index contributed by atoms with van der Waals surface area (Å²) in [4.78, 5) is 24.2. The second-order valence-electron chi connectivity index (χ2n) is 5.77. The molecule has 3 N–H and O–H groups in total. The van der Waals surface area contributed by atoms with Gasteiger partial charge in [0.1, 0.15) is 0 Å². The highest BCUT2D eigenvalue weighted by Gasteiger charge is 2.44. The molecule has 0 aromatic rings. The quantitative estimate of drug-likeness (QED) is 0.675. The van der Waals surface area contributed by atoms with Crippen LogP contribution in [0.1, 0.15) is 33.1 Å². The molecule has 6 nitrogen and oxygen atoms in total. The van der Waals surface area contributed by atoms with Gasteiger partial charge >= 0.3 is 12.0 Å². The van der Waals surface area contributed by atoms with E-state index in [9.17, 15) is 14.7 Å². The molecule has 1 aliphatic rings. The van der Waals surface area contributed by atoms with Crippen molar-refractivity contribution in [1.82, 2.24) is 10.2 Å². The van der Waals surface area contributed by atoms with Crippen LogP contribution in [-0.2, 0) is 4.79 Å². The molecule has 2 amide bonds. The van der Waals surface area contributed by atoms with E-state index in [-0.39, 0.29) is 19.1 Å². The van der Waals surface area contributed by atoms with Gasteiger partial charge in [-0.15, -0.1) is 0 Å². The lowest BCUT2D eigenvalue weighted by Gasteiger charge is -2.38. The third-order valence-electron chi connectivity index (χ3n) is 3.31. The highest BCUT2D eigenvalue weighted by Crippen LogP contribution is 2.40. The van der Waals surface area contributed by atoms with Crippen LogP contribution in [0.15, 0.2) is 0 Å². The first kappa shape index (κ1) is 14.8. The molecule has 0 unspecified atom stereocenters. The Balaban J connectivity index is 2.43. The zero-order valence-electron chi connectivity index (χ0n) is 11.2. The number of carbonyl (C=O) groups is 2. The van der Waals surface area contributed by atoms with Crippen molar-refractivity contribution in [3.63, 3.8) is 0 Å². The van der Waals surface area contributed by atoms with Crippen molar-refractivity contribution < 1.29 is 19.8 Å². The Hall–Kier alpha value is -1.30. The highest BCUT2D eigenvalue weighted by molar-refractivity contribution is 5.78. The Kier molecular flexibility index (Phi) is 4.21. The van der Waals surface area contributed by atoms with Crippen molar-refractivity contribution in [3.8, 4) is 0 Å². The Morgan fingerprint density at radius 2 is 1.94 bits per heavy atom. The number of carboxylic acids is 1. The molecule has 1 saturated carbocycles. The summed E-state index contributed by atoms with van der Waals surface area (Å²) in [5.74, 6) is -0.848. The maximum atomic E-state index is 11.7. The molecular formula is C12H22N2O4. The molecule has 0 aliphatic heterocycles. The summed E-state index contributed by atoms with van der Waals surface area (Å²) in [7, 11) is 1.57. The first-order valence-electron chi connectivity index (χ1n) is 6.11. The number of likely N-dealkylation sites (N-methyl/N-ethyl adjacent to an activating group) is 1. The summed E-state index contributed by atoms with van der Waals surface area (Å²) in [5.41, 5.74) is -1.75. The molecule has 1 fully saturated rings. The monoisotopic (exact) mass is 258 g/mol. The van der Waals surface area contributed by atoms with Gasteiger partial charge in [-0.2, -0.15) is 0 Å². The van der Waals surface area contributed by atoms with Crippen LogP contribution < -0.4 is 5.32 Å². The van der Waals surface area contributed by atoms with Crippen LogP contribution in [0.25, 0.3) is 0 Å². The Morgan fingerprint density at radius 3 is 2.28 bits per heavy atom. The molecule has 1 rings (SSSR count). The van der Waals surface area contributed by atoms with E-state index in [2.05, 4.69) is 5.32 Å². The number of urea groups is 1. The molecule has 0 spiro atoms. The number of carboxylic acid groups (broad SMARTS) is 1. The second kappa shape index (κ2) is 5.14. The number of hydrogen-bond donors (Lipinski definition) is 3. The molecule has 104 valence electrons. The van der Waals surface area contributed by atoms with E-state index in [0.717, 1.165) is 6.42 Å². The summed E-state index contributed by atoms with van der Waals surface area (Å²) < 4.78 is 0. The third-order valence-corrected chi connectivity index (χ3v) is 3.31. The molecule has 1 aliphatic carbocycles. The van der Waals surface area contributed by atoms with Crippen molar-refractivity contribution in [3.05, 3.63) is 0 Å². The smallest absolute Gasteiger partial charge is 0.317 e. The van der Waals surface area contributed by atoms with E-state index in [1.807, 2.05) is 0 Å². The van der Waals surface area contributed by atoms with Crippen LogP contribution in [0.3, 0.4) is 0 Å². The van der Waals surface area contributed by atoms with E-state index in [4.69, 9.17) is 5.11 Å². The average molecular weight is 258 g/mol. The lowest BCUT2D eigenvalue weighted by atomic mass is 9.69. The molecule has 18 heavy (non-hydrogen) atoms. The first-order valence-corrected chi connectivity index (χ1v) is 6.11. The SMILES string of the molecule is CN(CC(C)(C)O)C(=O)NCC1(C(=O)O)CCC1. The zero-order valence-corrected chi connectivity index (χ0v) is 11.2. The predicted molar refractivity (Wildman–Crippen MR) is 66.2 cm³/mol. The van der Waals surface area contributed by atoms with Crippen molar-refractivity contribution in [2.45, 2.75) is 38.7 Å². The number of hydrogen-bond acceptors (Lipinski definition) is 3. The number of aliphatic carboxylic acids is 1. The van der Waals surface area contributed by atoms with Crippen LogP contribution >= 0.6 is 0 Å². The number of amides is 2. The van der Waals surface area contributed by atoms with Gasteiger partial charge in [0.05, 0.1) is 17.6 Å². The third kappa shape index (κ3) is 3.60. The summed E-state index contributed by atoms with van der Waals surface area (Å²) in [6, 6.07) is -0.357. The number of nitrogens with zero attached hydrogens (tertiary/aromatic N) is 1. The minimum atomic E-state index is -0.965. The molecule has 0 saturated heterocycles. The van der Waals surface area contributed by atoms with Gasteiger partial charge in [-0.25, -0.2) is 4.79 Å². The van der Waals surface area contributed by atoms with Crippen molar-refractivity contribution in [1.29, 1.82) is 0 Å². The van der Waals surface area contributed by atoms with E-state index in [0.29, 0.717) is 12.8 Å². The molecular weight excluding hydrogens is 236 g/mol. The summed E-state index contributed by atoms with van der Waals surface area (Å²) in [6.07, 6.45) is 2.11. The summed E-state index contributed by atoms with van der Waals surface area (Å²) in [5, 5.41) is 21.3. The largest absolute Gasteiger partial charge is 0.481 e. The fourth-order valence-corrected chi connectivity index (χ4v) is 2.10. The van der Waals surface area contributed by atoms with Gasteiger partial charge < -0.3 is 20.4 Å². The fraction of sp³-hybridized carbons (Fsp3) is 0.833. The van der Waals surface area contributed by atoms with Gasteiger partial charge in [0, 0.05) is 13.6 Å². The van der Waals surface area contributed by atoms with Gasteiger partial charge in [0.15, 0.2) is 0 Å². The summed E-state index contributed by atoms with van der Waals surface area (Å²) >= 11 is 0. The fourth-order valence-electron chi connectivity index (χ4n) is 2.10. The van der Waals surface area contributed by atoms with Gasteiger partial charge in [0.2, 0.25) is 0 Å². The maximum Gasteiger partial charge on any atom is 0.317 e. The molecule has 0 aromatic carbocycles. The standard InChI is InChI=1S/C12H22N2O4/c1-11(2,18)8-14(3)10(17)13-7-12(9(15)16)5-4-6-12/h18H,4-8H2,1-3H3,(H,13,17)(H,15,16). The molecule has 0 atom stereocenters. The van der Waals surface area contributed by atoms with E-state index >= 15 is 0 Å². The van der Waals surface area contributed by atoms with Crippen molar-refractivity contribution >= 4 is 12.0 Å². The lowest BCUT2D eigenvalue weighted by Crippen LogP contribution is -2.51. The van der Waals surface area contributed by atoms with E-state index in [1.54, 1.807) is 20.9 Å². The van der Waals surface area contributed by atoms with Crippen LogP contribution in [-0.4, -0.2) is 52.9 Å². The van der Waals surface area contributed by atoms with Crippen LogP contribution in [0.5, 0.6) is 0 Å². The first-order chi connectivity index (χ1) is 8.16. The molecule has 0 bridgehead atoms. The highest BCUT2D eigenvalue weighted by atomic mass is 16.4. The topological polar surface area (TPSA) is 89.9 Å². The average Bonchev–Trinajstić information content (AvgIpc) is 2.12. The van der Waals surface area contributed by atoms with Crippen molar-refractivity contribution in [2.75, 3.05) is 20.1 Å². The second-order valence-corrected chi connectivity index (χ2v) is 5.77. The molecule has 0 radical (unpaired) electrons. The van der Waals surface area contributed by atoms with Gasteiger partial charge in [-0.1, -0.05) is 6.42 Å². The van der Waals surface area contributed by atoms with Gasteiger partial charge in [-0.3, -0.25) is 4.79 Å². The zero-order chi connectivity index (χ0) is 14.0. The predicted octanol–water partition coefficient (Wildman–Crippen LogP) is 0.654. The number of aliphatic hydroxyl groups is 1. The van der Waals surface area contributed by atoms with E-state index < -0.39 is 17.0 Å². The Bertz CT molecular complexity index is 331. The summed E-state index contributed by atoms with van der Waals surface area (Å²) in [6.45, 7) is 3.57. The van der Waals surface area contributed by atoms with E-state index in [1.165, 1.54) is 4.90 Å². The van der Waals surface area contributed by atoms with Crippen molar-refractivity contribution in [2.24, 2.45) is 5.41 Å². The number of nitrogens with one attached hydrogen (secondary N) is 1. The van der Waals surface area contributed by atoms with Gasteiger partial charge in [0.25, 0.3) is 0 Å². The van der Waals surface area contributed by atoms with Crippen LogP contribution in [0.4, 0.5) is 4.79 Å². The normalized spacial score (nSPS) is 17.8. The Labute approximate surface area is 107 Å².